The van der Waals surface area contributed by atoms with Crippen LogP contribution in [-0.4, -0.2) is 68.5 Å². The first-order valence-electron chi connectivity index (χ1n) is 28.5. The van der Waals surface area contributed by atoms with Crippen LogP contribution in [0.15, 0.2) is 48.6 Å². The second-order valence-corrected chi connectivity index (χ2v) is 22.1. The van der Waals surface area contributed by atoms with E-state index in [0.29, 0.717) is 17.4 Å². The molecule has 0 saturated heterocycles. The lowest BCUT2D eigenvalue weighted by Gasteiger charge is -2.29. The van der Waals surface area contributed by atoms with Gasteiger partial charge in [0.05, 0.1) is 39.9 Å². The molecular weight excluding hydrogens is 852 g/mol. The normalized spacial score (nSPS) is 14.3. The number of nitrogens with one attached hydrogen (secondary N) is 1. The molecule has 0 aromatic heterocycles. The summed E-state index contributed by atoms with van der Waals surface area (Å²) in [6.07, 6.45) is 65.9. The summed E-state index contributed by atoms with van der Waals surface area (Å²) >= 11 is 0. The Bertz CT molecular complexity index is 1230. The number of nitrogens with zero attached hydrogens (tertiary/aromatic N) is 1. The van der Waals surface area contributed by atoms with Gasteiger partial charge in [-0.25, -0.2) is 0 Å². The average molecular weight is 964 g/mol. The first-order chi connectivity index (χ1) is 32.5. The number of amides is 1. The zero-order valence-electron chi connectivity index (χ0n) is 44.9. The van der Waals surface area contributed by atoms with Crippen LogP contribution in [0.2, 0.25) is 0 Å². The predicted molar refractivity (Wildman–Crippen MR) is 288 cm³/mol. The van der Waals surface area contributed by atoms with E-state index in [0.717, 1.165) is 51.4 Å². The number of aliphatic hydroxyl groups excluding tert-OH is 1. The lowest BCUT2D eigenvalue weighted by Crippen LogP contribution is -2.45. The lowest BCUT2D eigenvalue weighted by atomic mass is 10.0. The minimum Gasteiger partial charge on any atom is -0.756 e. The van der Waals surface area contributed by atoms with Crippen molar-refractivity contribution in [3.8, 4) is 0 Å². The third kappa shape index (κ3) is 52.1. The van der Waals surface area contributed by atoms with Crippen molar-refractivity contribution >= 4 is 13.7 Å². The van der Waals surface area contributed by atoms with Crippen molar-refractivity contribution in [2.45, 2.75) is 276 Å². The highest BCUT2D eigenvalue weighted by molar-refractivity contribution is 7.45. The van der Waals surface area contributed by atoms with Gasteiger partial charge in [0.2, 0.25) is 5.91 Å². The van der Waals surface area contributed by atoms with E-state index >= 15 is 0 Å². The molecule has 394 valence electrons. The fourth-order valence-electron chi connectivity index (χ4n) is 8.27. The van der Waals surface area contributed by atoms with E-state index < -0.39 is 20.0 Å². The minimum absolute atomic E-state index is 0.00127. The Balaban J connectivity index is 3.62. The second-order valence-electron chi connectivity index (χ2n) is 20.6. The largest absolute Gasteiger partial charge is 0.756 e. The van der Waals surface area contributed by atoms with Gasteiger partial charge in [-0.05, 0) is 51.4 Å². The van der Waals surface area contributed by atoms with Gasteiger partial charge in [-0.3, -0.25) is 9.36 Å². The predicted octanol–water partition coefficient (Wildman–Crippen LogP) is 16.5. The van der Waals surface area contributed by atoms with Gasteiger partial charge in [0.25, 0.3) is 7.82 Å². The summed E-state index contributed by atoms with van der Waals surface area (Å²) in [7, 11) is 1.26. The Morgan fingerprint density at radius 3 is 1.28 bits per heavy atom. The summed E-state index contributed by atoms with van der Waals surface area (Å²) in [6, 6.07) is -0.880. The van der Waals surface area contributed by atoms with Crippen LogP contribution >= 0.6 is 7.82 Å². The zero-order chi connectivity index (χ0) is 49.2. The van der Waals surface area contributed by atoms with Crippen LogP contribution < -0.4 is 10.2 Å². The Morgan fingerprint density at radius 2 is 0.881 bits per heavy atom. The van der Waals surface area contributed by atoms with Crippen LogP contribution in [0.25, 0.3) is 0 Å². The van der Waals surface area contributed by atoms with Crippen molar-refractivity contribution in [2.24, 2.45) is 0 Å². The van der Waals surface area contributed by atoms with E-state index in [9.17, 15) is 19.4 Å². The molecule has 0 aliphatic heterocycles. The Labute approximate surface area is 416 Å². The summed E-state index contributed by atoms with van der Waals surface area (Å²) < 4.78 is 23.0. The van der Waals surface area contributed by atoms with Gasteiger partial charge < -0.3 is 28.8 Å². The number of phosphoric ester groups is 1. The highest BCUT2D eigenvalue weighted by Crippen LogP contribution is 2.38. The van der Waals surface area contributed by atoms with Crippen LogP contribution in [0.4, 0.5) is 0 Å². The smallest absolute Gasteiger partial charge is 0.268 e. The molecule has 0 saturated carbocycles. The third-order valence-corrected chi connectivity index (χ3v) is 13.7. The van der Waals surface area contributed by atoms with Gasteiger partial charge in [0, 0.05) is 6.42 Å². The molecule has 0 aromatic rings. The number of carbonyl (C=O) groups excluding carboxylic acids is 1. The maximum absolute atomic E-state index is 12.8. The monoisotopic (exact) mass is 963 g/mol. The third-order valence-electron chi connectivity index (χ3n) is 12.8. The number of hydrogen-bond acceptors (Lipinski definition) is 6. The number of allylic oxidation sites excluding steroid dienone is 7. The van der Waals surface area contributed by atoms with Crippen LogP contribution in [0.5, 0.6) is 0 Å². The fraction of sp³-hybridized carbons (Fsp3) is 0.845. The first kappa shape index (κ1) is 65.5. The van der Waals surface area contributed by atoms with Gasteiger partial charge in [-0.1, -0.05) is 255 Å². The average Bonchev–Trinajstić information content (AvgIpc) is 3.29. The molecule has 9 heteroatoms. The van der Waals surface area contributed by atoms with E-state index in [1.807, 2.05) is 27.2 Å². The van der Waals surface area contributed by atoms with E-state index in [-0.39, 0.29) is 19.1 Å². The first-order valence-corrected chi connectivity index (χ1v) is 30.0. The molecule has 0 aromatic carbocycles. The minimum atomic E-state index is -4.57. The maximum Gasteiger partial charge on any atom is 0.268 e. The lowest BCUT2D eigenvalue weighted by molar-refractivity contribution is -0.870. The summed E-state index contributed by atoms with van der Waals surface area (Å²) in [5.74, 6) is -0.204. The topological polar surface area (TPSA) is 108 Å². The SMILES string of the molecule is CCCC/C=C/C(O)C(COP(=O)([O-])OCC[N+](C)(C)C)NC(=O)CCCCCCCCCCCCCCCCCCCCCCCCCCCC/C=C\C/C=C\C/C=C\CCCCCCC. The van der Waals surface area contributed by atoms with Crippen LogP contribution in [-0.2, 0) is 18.4 Å². The number of quaternary nitrogens is 1. The molecule has 0 heterocycles. The summed E-state index contributed by atoms with van der Waals surface area (Å²) in [4.78, 5) is 25.1. The van der Waals surface area contributed by atoms with Gasteiger partial charge in [-0.2, -0.15) is 0 Å². The molecule has 0 radical (unpaired) electrons. The summed E-state index contributed by atoms with van der Waals surface area (Å²) in [6.45, 7) is 4.49. The molecule has 0 rings (SSSR count). The molecule has 67 heavy (non-hydrogen) atoms. The molecule has 8 nitrogen and oxygen atoms in total. The van der Waals surface area contributed by atoms with E-state index in [4.69, 9.17) is 9.05 Å². The zero-order valence-corrected chi connectivity index (χ0v) is 45.7. The number of likely N-dealkylation sites (N-methyl/N-ethyl adjacent to an activating group) is 1. The molecule has 0 aliphatic carbocycles. The van der Waals surface area contributed by atoms with Crippen LogP contribution in [0.1, 0.15) is 264 Å². The van der Waals surface area contributed by atoms with Crippen molar-refractivity contribution < 1.29 is 32.9 Å². The number of carbonyl (C=O) groups is 1. The number of aliphatic hydroxyl groups is 1. The van der Waals surface area contributed by atoms with Crippen molar-refractivity contribution in [3.63, 3.8) is 0 Å². The fourth-order valence-corrected chi connectivity index (χ4v) is 8.99. The molecule has 0 fully saturated rings. The van der Waals surface area contributed by atoms with Gasteiger partial charge >= 0.3 is 0 Å². The van der Waals surface area contributed by atoms with Crippen molar-refractivity contribution in [2.75, 3.05) is 40.9 Å². The number of hydrogen-bond donors (Lipinski definition) is 2. The standard InChI is InChI=1S/C58H111N2O6P/c1-6-8-10-12-13-14-15-16-17-18-19-20-21-22-23-24-25-26-27-28-29-30-31-32-33-34-35-36-37-38-39-40-41-42-43-44-45-46-47-48-50-52-58(62)59-56(57(61)51-49-11-9-7-2)55-66-67(63,64)65-54-53-60(3,4)5/h15-16,18-19,21-22,49,51,56-57,61H,6-14,17,20,23-48,50,52-55H2,1-5H3,(H-,59,62,63,64)/b16-15-,19-18-,22-21-,51-49+. The second kappa shape index (κ2) is 49.4. The van der Waals surface area contributed by atoms with Gasteiger partial charge in [0.15, 0.2) is 0 Å². The summed E-state index contributed by atoms with van der Waals surface area (Å²) in [5.41, 5.74) is 0. The van der Waals surface area contributed by atoms with Crippen LogP contribution in [0, 0.1) is 0 Å². The highest BCUT2D eigenvalue weighted by Gasteiger charge is 2.23. The Kier molecular flexibility index (Phi) is 48.3. The molecule has 3 unspecified atom stereocenters. The molecule has 0 spiro atoms. The van der Waals surface area contributed by atoms with E-state index in [1.54, 1.807) is 6.08 Å². The molecule has 0 bridgehead atoms. The number of phosphoric acid groups is 1. The van der Waals surface area contributed by atoms with Crippen LogP contribution in [0.3, 0.4) is 0 Å². The van der Waals surface area contributed by atoms with Crippen molar-refractivity contribution in [3.05, 3.63) is 48.6 Å². The van der Waals surface area contributed by atoms with Crippen molar-refractivity contribution in [1.82, 2.24) is 5.32 Å². The molecule has 3 atom stereocenters. The quantitative estimate of drug-likeness (QED) is 0.0272. The number of rotatable bonds is 52. The Morgan fingerprint density at radius 1 is 0.522 bits per heavy atom. The summed E-state index contributed by atoms with van der Waals surface area (Å²) in [5, 5.41) is 13.5. The maximum atomic E-state index is 12.8. The van der Waals surface area contributed by atoms with Gasteiger partial charge in [-0.15, -0.1) is 0 Å². The number of unbranched alkanes of at least 4 members (excludes halogenated alkanes) is 33. The molecular formula is C58H111N2O6P. The Hall–Kier alpha value is -1.54. The molecule has 1 amide bonds. The van der Waals surface area contributed by atoms with Crippen molar-refractivity contribution in [1.29, 1.82) is 0 Å². The van der Waals surface area contributed by atoms with Gasteiger partial charge in [0.1, 0.15) is 13.2 Å². The highest BCUT2D eigenvalue weighted by atomic mass is 31.2. The van der Waals surface area contributed by atoms with E-state index in [2.05, 4.69) is 55.6 Å². The van der Waals surface area contributed by atoms with E-state index in [1.165, 1.54) is 193 Å². The molecule has 2 N–H and O–H groups in total. The molecule has 0 aliphatic rings.